The maximum Gasteiger partial charge on any atom is 0.267 e. The van der Waals surface area contributed by atoms with Gasteiger partial charge in [0.25, 0.3) is 5.91 Å². The smallest absolute Gasteiger partial charge is 0.267 e. The van der Waals surface area contributed by atoms with E-state index in [0.717, 1.165) is 32.5 Å². The van der Waals surface area contributed by atoms with E-state index in [1.54, 1.807) is 6.07 Å². The molecular weight excluding hydrogens is 262 g/mol. The van der Waals surface area contributed by atoms with Gasteiger partial charge in [-0.15, -0.1) is 0 Å². The van der Waals surface area contributed by atoms with Crippen LogP contribution in [0.4, 0.5) is 0 Å². The van der Waals surface area contributed by atoms with Crippen molar-refractivity contribution in [1.82, 2.24) is 15.2 Å². The maximum absolute atomic E-state index is 12.2. The lowest BCUT2D eigenvalue weighted by Gasteiger charge is -2.23. The van der Waals surface area contributed by atoms with Crippen molar-refractivity contribution < 1.29 is 4.79 Å². The molecule has 0 aromatic carbocycles. The van der Waals surface area contributed by atoms with Crippen LogP contribution in [0.1, 0.15) is 43.2 Å². The van der Waals surface area contributed by atoms with Gasteiger partial charge in [-0.2, -0.15) is 0 Å². The van der Waals surface area contributed by atoms with Crippen molar-refractivity contribution in [3.05, 3.63) is 23.0 Å². The Kier molecular flexibility index (Phi) is 4.88. The average Bonchev–Trinajstić information content (AvgIpc) is 2.79. The topological polar surface area (TPSA) is 46.1 Å². The van der Waals surface area contributed by atoms with E-state index < -0.39 is 0 Å². The van der Waals surface area contributed by atoms with Crippen LogP contribution in [-0.4, -0.2) is 30.1 Å². The standard InChI is InChI=1S/C14H22ClN3O/c1-10(2)18-9-12(15)7-13(18)14(19)17-8-11-3-5-16-6-4-11/h7,9-11,16H,3-6,8H2,1-2H3,(H,17,19). The molecule has 4 nitrogen and oxygen atoms in total. The van der Waals surface area contributed by atoms with Crippen molar-refractivity contribution >= 4 is 17.5 Å². The number of halogens is 1. The molecule has 0 unspecified atom stereocenters. The van der Waals surface area contributed by atoms with Gasteiger partial charge in [0.05, 0.1) is 5.02 Å². The van der Waals surface area contributed by atoms with Gasteiger partial charge in [-0.3, -0.25) is 4.79 Å². The highest BCUT2D eigenvalue weighted by molar-refractivity contribution is 6.31. The van der Waals surface area contributed by atoms with Crippen molar-refractivity contribution in [1.29, 1.82) is 0 Å². The second-order valence-corrected chi connectivity index (χ2v) is 5.88. The molecule has 2 N–H and O–H groups in total. The van der Waals surface area contributed by atoms with Gasteiger partial charge in [0.2, 0.25) is 0 Å². The summed E-state index contributed by atoms with van der Waals surface area (Å²) in [6.45, 7) is 6.94. The SMILES string of the molecule is CC(C)n1cc(Cl)cc1C(=O)NCC1CCNCC1. The van der Waals surface area contributed by atoms with Crippen molar-refractivity contribution in [2.45, 2.75) is 32.7 Å². The summed E-state index contributed by atoms with van der Waals surface area (Å²) in [5.41, 5.74) is 0.647. The first-order chi connectivity index (χ1) is 9.08. The van der Waals surface area contributed by atoms with Crippen LogP contribution in [0.5, 0.6) is 0 Å². The summed E-state index contributed by atoms with van der Waals surface area (Å²) in [5, 5.41) is 6.97. The number of carbonyl (C=O) groups is 1. The number of amides is 1. The Balaban J connectivity index is 1.95. The lowest BCUT2D eigenvalue weighted by atomic mass is 9.98. The van der Waals surface area contributed by atoms with Gasteiger partial charge in [-0.25, -0.2) is 0 Å². The fourth-order valence-electron chi connectivity index (χ4n) is 2.47. The second-order valence-electron chi connectivity index (χ2n) is 5.45. The second kappa shape index (κ2) is 6.44. The van der Waals surface area contributed by atoms with Crippen LogP contribution in [0.2, 0.25) is 5.02 Å². The number of hydrogen-bond donors (Lipinski definition) is 2. The van der Waals surface area contributed by atoms with Crippen LogP contribution < -0.4 is 10.6 Å². The maximum atomic E-state index is 12.2. The van der Waals surface area contributed by atoms with Crippen LogP contribution in [0.25, 0.3) is 0 Å². The third-order valence-electron chi connectivity index (χ3n) is 3.61. The molecule has 2 heterocycles. The van der Waals surface area contributed by atoms with E-state index in [9.17, 15) is 4.79 Å². The molecule has 1 fully saturated rings. The molecule has 1 aliphatic rings. The number of piperidine rings is 1. The van der Waals surface area contributed by atoms with E-state index in [2.05, 4.69) is 10.6 Å². The molecule has 0 spiro atoms. The first-order valence-electron chi connectivity index (χ1n) is 6.94. The van der Waals surface area contributed by atoms with Crippen LogP contribution in [0.15, 0.2) is 12.3 Å². The number of hydrogen-bond acceptors (Lipinski definition) is 2. The largest absolute Gasteiger partial charge is 0.350 e. The summed E-state index contributed by atoms with van der Waals surface area (Å²) < 4.78 is 1.92. The monoisotopic (exact) mass is 283 g/mol. The first kappa shape index (κ1) is 14.4. The number of aromatic nitrogens is 1. The van der Waals surface area contributed by atoms with Crippen LogP contribution in [-0.2, 0) is 0 Å². The molecule has 106 valence electrons. The fraction of sp³-hybridized carbons (Fsp3) is 0.643. The van der Waals surface area contributed by atoms with Crippen LogP contribution in [0, 0.1) is 5.92 Å². The summed E-state index contributed by atoms with van der Waals surface area (Å²) in [5.74, 6) is 0.558. The average molecular weight is 284 g/mol. The van der Waals surface area contributed by atoms with E-state index in [4.69, 9.17) is 11.6 Å². The quantitative estimate of drug-likeness (QED) is 0.892. The lowest BCUT2D eigenvalue weighted by molar-refractivity contribution is 0.0933. The van der Waals surface area contributed by atoms with E-state index in [0.29, 0.717) is 16.6 Å². The predicted molar refractivity (Wildman–Crippen MR) is 77.8 cm³/mol. The zero-order valence-corrected chi connectivity index (χ0v) is 12.3. The Bertz CT molecular complexity index is 436. The summed E-state index contributed by atoms with van der Waals surface area (Å²) in [7, 11) is 0. The molecular formula is C14H22ClN3O. The van der Waals surface area contributed by atoms with E-state index >= 15 is 0 Å². The molecule has 19 heavy (non-hydrogen) atoms. The summed E-state index contributed by atoms with van der Waals surface area (Å²) >= 11 is 5.99. The third kappa shape index (κ3) is 3.74. The summed E-state index contributed by atoms with van der Waals surface area (Å²) in [6.07, 6.45) is 4.07. The zero-order valence-electron chi connectivity index (χ0n) is 11.6. The lowest BCUT2D eigenvalue weighted by Crippen LogP contribution is -2.36. The van der Waals surface area contributed by atoms with Gasteiger partial charge in [0.1, 0.15) is 5.69 Å². The third-order valence-corrected chi connectivity index (χ3v) is 3.82. The van der Waals surface area contributed by atoms with Crippen molar-refractivity contribution in [3.8, 4) is 0 Å². The number of carbonyl (C=O) groups excluding carboxylic acids is 1. The van der Waals surface area contributed by atoms with Crippen LogP contribution >= 0.6 is 11.6 Å². The summed E-state index contributed by atoms with van der Waals surface area (Å²) in [4.78, 5) is 12.2. The van der Waals surface area contributed by atoms with Crippen LogP contribution in [0.3, 0.4) is 0 Å². The Morgan fingerprint density at radius 3 is 2.84 bits per heavy atom. The van der Waals surface area contributed by atoms with Crippen molar-refractivity contribution in [2.75, 3.05) is 19.6 Å². The molecule has 0 aliphatic carbocycles. The minimum atomic E-state index is -0.0286. The molecule has 1 saturated heterocycles. The van der Waals surface area contributed by atoms with Gasteiger partial charge in [-0.1, -0.05) is 11.6 Å². The van der Waals surface area contributed by atoms with Gasteiger partial charge in [0, 0.05) is 18.8 Å². The highest BCUT2D eigenvalue weighted by atomic mass is 35.5. The number of nitrogens with one attached hydrogen (secondary N) is 2. The first-order valence-corrected chi connectivity index (χ1v) is 7.32. The summed E-state index contributed by atoms with van der Waals surface area (Å²) in [6, 6.07) is 1.96. The Hall–Kier alpha value is -1.00. The van der Waals surface area contributed by atoms with E-state index in [1.807, 2.05) is 24.6 Å². The van der Waals surface area contributed by atoms with Gasteiger partial charge in [0.15, 0.2) is 0 Å². The molecule has 1 aromatic heterocycles. The minimum Gasteiger partial charge on any atom is -0.350 e. The number of rotatable bonds is 4. The van der Waals surface area contributed by atoms with E-state index in [1.165, 1.54) is 0 Å². The molecule has 0 saturated carbocycles. The molecule has 1 amide bonds. The molecule has 5 heteroatoms. The normalized spacial score (nSPS) is 16.8. The molecule has 0 radical (unpaired) electrons. The van der Waals surface area contributed by atoms with E-state index in [-0.39, 0.29) is 11.9 Å². The van der Waals surface area contributed by atoms with Gasteiger partial charge >= 0.3 is 0 Å². The van der Waals surface area contributed by atoms with Gasteiger partial charge in [-0.05, 0) is 51.8 Å². The molecule has 0 bridgehead atoms. The number of nitrogens with zero attached hydrogens (tertiary/aromatic N) is 1. The Morgan fingerprint density at radius 1 is 1.53 bits per heavy atom. The Labute approximate surface area is 119 Å². The fourth-order valence-corrected chi connectivity index (χ4v) is 2.68. The molecule has 1 aromatic rings. The molecule has 0 atom stereocenters. The predicted octanol–water partition coefficient (Wildman–Crippen LogP) is 2.45. The molecule has 2 rings (SSSR count). The Morgan fingerprint density at radius 2 is 2.21 bits per heavy atom. The van der Waals surface area contributed by atoms with Crippen molar-refractivity contribution in [2.24, 2.45) is 5.92 Å². The minimum absolute atomic E-state index is 0.0286. The highest BCUT2D eigenvalue weighted by Gasteiger charge is 2.18. The highest BCUT2D eigenvalue weighted by Crippen LogP contribution is 2.19. The molecule has 1 aliphatic heterocycles. The van der Waals surface area contributed by atoms with Crippen molar-refractivity contribution in [3.63, 3.8) is 0 Å². The zero-order chi connectivity index (χ0) is 13.8. The van der Waals surface area contributed by atoms with Gasteiger partial charge < -0.3 is 15.2 Å².